The first-order chi connectivity index (χ1) is 6.91. The van der Waals surface area contributed by atoms with Crippen LogP contribution in [0.15, 0.2) is 0 Å². The molecule has 0 fully saturated rings. The Morgan fingerprint density at radius 3 is 2.40 bits per heavy atom. The third-order valence-electron chi connectivity index (χ3n) is 1.74. The molecule has 1 atom stereocenters. The summed E-state index contributed by atoms with van der Waals surface area (Å²) in [5, 5.41) is -0.194. The fraction of sp³-hybridized carbons (Fsp3) is 0.889. The molecule has 0 saturated heterocycles. The number of hydrogen-bond donors (Lipinski definition) is 0. The van der Waals surface area contributed by atoms with E-state index in [0.29, 0.717) is 6.42 Å². The highest BCUT2D eigenvalue weighted by molar-refractivity contribution is 6.48. The lowest BCUT2D eigenvalue weighted by atomic mass is 10.3. The van der Waals surface area contributed by atoms with Crippen LogP contribution in [0.25, 0.3) is 0 Å². The number of hydrogen-bond acceptors (Lipinski definition) is 3. The van der Waals surface area contributed by atoms with Gasteiger partial charge in [0.25, 0.3) is 0 Å². The third kappa shape index (κ3) is 8.00. The van der Waals surface area contributed by atoms with Gasteiger partial charge in [-0.2, -0.15) is 0 Å². The highest BCUT2D eigenvalue weighted by Gasteiger charge is 2.24. The van der Waals surface area contributed by atoms with Crippen LogP contribution in [0.5, 0.6) is 0 Å². The average Bonchev–Trinajstić information content (AvgIpc) is 2.23. The first kappa shape index (κ1) is 15.1. The largest absolute Gasteiger partial charge is 0.508 e. The van der Waals surface area contributed by atoms with E-state index in [4.69, 9.17) is 44.3 Å². The molecule has 90 valence electrons. The molecule has 0 radical (unpaired) electrons. The summed E-state index contributed by atoms with van der Waals surface area (Å²) in [6.07, 6.45) is 0.406. The van der Waals surface area contributed by atoms with Gasteiger partial charge in [0.05, 0.1) is 5.38 Å². The molecule has 0 aliphatic heterocycles. The zero-order valence-corrected chi connectivity index (χ0v) is 11.0. The van der Waals surface area contributed by atoms with Crippen molar-refractivity contribution >= 4 is 41.0 Å². The lowest BCUT2D eigenvalue weighted by Crippen LogP contribution is -2.24. The van der Waals surface area contributed by atoms with Crippen molar-refractivity contribution in [2.45, 2.75) is 36.4 Å². The van der Waals surface area contributed by atoms with E-state index in [1.807, 2.05) is 6.92 Å². The Balaban J connectivity index is 3.67. The quantitative estimate of drug-likeness (QED) is 0.548. The van der Waals surface area contributed by atoms with Gasteiger partial charge in [0.1, 0.15) is 13.2 Å². The molecule has 0 spiro atoms. The van der Waals surface area contributed by atoms with Gasteiger partial charge in [0.15, 0.2) is 4.33 Å². The maximum absolute atomic E-state index is 11.0. The van der Waals surface area contributed by atoms with E-state index in [1.54, 1.807) is 6.92 Å². The van der Waals surface area contributed by atoms with Crippen molar-refractivity contribution in [3.05, 3.63) is 0 Å². The highest BCUT2D eigenvalue weighted by atomic mass is 35.5. The third-order valence-corrected chi connectivity index (χ3v) is 2.93. The minimum absolute atomic E-state index is 0.0927. The molecule has 1 unspecified atom stereocenters. The monoisotopic (exact) mass is 276 g/mol. The number of carbonyl (C=O) groups is 1. The Hall–Kier alpha value is 0.140. The SMILES string of the molecule is CCC(Cl)COC(=O)OCC(Cl)(Cl)CC. The normalized spacial score (nSPS) is 13.4. The van der Waals surface area contributed by atoms with Gasteiger partial charge in [-0.15, -0.1) is 11.6 Å². The molecule has 3 nitrogen and oxygen atoms in total. The van der Waals surface area contributed by atoms with Crippen LogP contribution in [0.2, 0.25) is 0 Å². The summed E-state index contributed by atoms with van der Waals surface area (Å²) >= 11 is 17.3. The number of ether oxygens (including phenoxy) is 2. The average molecular weight is 278 g/mol. The molecule has 0 saturated carbocycles. The zero-order chi connectivity index (χ0) is 11.9. The van der Waals surface area contributed by atoms with Gasteiger partial charge in [-0.25, -0.2) is 4.79 Å². The van der Waals surface area contributed by atoms with Crippen molar-refractivity contribution in [1.29, 1.82) is 0 Å². The second kappa shape index (κ2) is 7.42. The van der Waals surface area contributed by atoms with Gasteiger partial charge in [-0.3, -0.25) is 0 Å². The summed E-state index contributed by atoms with van der Waals surface area (Å²) in [5.74, 6) is 0. The van der Waals surface area contributed by atoms with E-state index in [0.717, 1.165) is 6.42 Å². The smallest absolute Gasteiger partial charge is 0.433 e. The fourth-order valence-electron chi connectivity index (χ4n) is 0.585. The summed E-state index contributed by atoms with van der Waals surface area (Å²) in [5.41, 5.74) is 0. The molecule has 15 heavy (non-hydrogen) atoms. The Bertz CT molecular complexity index is 197. The standard InChI is InChI=1S/C9H15Cl3O3/c1-3-7(10)5-14-8(13)15-6-9(11,12)4-2/h7H,3-6H2,1-2H3. The summed E-state index contributed by atoms with van der Waals surface area (Å²) < 4.78 is 8.38. The maximum Gasteiger partial charge on any atom is 0.508 e. The summed E-state index contributed by atoms with van der Waals surface area (Å²) in [6, 6.07) is 0. The predicted octanol–water partition coefficient (Wildman–Crippen LogP) is 3.74. The van der Waals surface area contributed by atoms with E-state index < -0.39 is 10.5 Å². The molecule has 0 amide bonds. The van der Waals surface area contributed by atoms with Gasteiger partial charge in [-0.05, 0) is 12.8 Å². The van der Waals surface area contributed by atoms with Crippen molar-refractivity contribution < 1.29 is 14.3 Å². The summed E-state index contributed by atoms with van der Waals surface area (Å²) in [7, 11) is 0. The number of halogens is 3. The number of alkyl halides is 3. The molecule has 0 bridgehead atoms. The van der Waals surface area contributed by atoms with E-state index in [2.05, 4.69) is 0 Å². The zero-order valence-electron chi connectivity index (χ0n) is 8.76. The molecule has 0 N–H and O–H groups in total. The lowest BCUT2D eigenvalue weighted by molar-refractivity contribution is 0.0526. The van der Waals surface area contributed by atoms with Crippen molar-refractivity contribution in [3.63, 3.8) is 0 Å². The van der Waals surface area contributed by atoms with Crippen molar-refractivity contribution in [1.82, 2.24) is 0 Å². The van der Waals surface area contributed by atoms with Crippen LogP contribution < -0.4 is 0 Å². The summed E-state index contributed by atoms with van der Waals surface area (Å²) in [4.78, 5) is 11.0. The fourth-order valence-corrected chi connectivity index (χ4v) is 0.757. The Kier molecular flexibility index (Phi) is 7.49. The number of carbonyl (C=O) groups excluding carboxylic acids is 1. The van der Waals surface area contributed by atoms with E-state index >= 15 is 0 Å². The number of rotatable bonds is 6. The molecule has 0 aliphatic rings. The van der Waals surface area contributed by atoms with E-state index in [9.17, 15) is 4.79 Å². The van der Waals surface area contributed by atoms with Crippen LogP contribution in [0.1, 0.15) is 26.7 Å². The predicted molar refractivity (Wildman–Crippen MR) is 62.0 cm³/mol. The van der Waals surface area contributed by atoms with E-state index in [1.165, 1.54) is 0 Å². The Morgan fingerprint density at radius 1 is 1.33 bits per heavy atom. The molecule has 0 aromatic rings. The molecule has 0 aromatic heterocycles. The second-order valence-electron chi connectivity index (χ2n) is 3.06. The second-order valence-corrected chi connectivity index (χ2v) is 5.32. The molecular weight excluding hydrogens is 262 g/mol. The maximum atomic E-state index is 11.0. The van der Waals surface area contributed by atoms with Crippen molar-refractivity contribution in [3.8, 4) is 0 Å². The molecular formula is C9H15Cl3O3. The van der Waals surface area contributed by atoms with Crippen LogP contribution in [0.3, 0.4) is 0 Å². The minimum Gasteiger partial charge on any atom is -0.433 e. The van der Waals surface area contributed by atoms with Crippen LogP contribution in [0, 0.1) is 0 Å². The van der Waals surface area contributed by atoms with Crippen molar-refractivity contribution in [2.75, 3.05) is 13.2 Å². The van der Waals surface area contributed by atoms with Gasteiger partial charge >= 0.3 is 6.16 Å². The van der Waals surface area contributed by atoms with E-state index in [-0.39, 0.29) is 18.6 Å². The highest BCUT2D eigenvalue weighted by Crippen LogP contribution is 2.25. The topological polar surface area (TPSA) is 35.5 Å². The molecule has 0 heterocycles. The lowest BCUT2D eigenvalue weighted by Gasteiger charge is -2.16. The molecule has 0 aromatic carbocycles. The van der Waals surface area contributed by atoms with Gasteiger partial charge < -0.3 is 9.47 Å². The van der Waals surface area contributed by atoms with Gasteiger partial charge in [0, 0.05) is 0 Å². The van der Waals surface area contributed by atoms with Crippen LogP contribution in [-0.2, 0) is 9.47 Å². The minimum atomic E-state index is -1.05. The van der Waals surface area contributed by atoms with Crippen molar-refractivity contribution in [2.24, 2.45) is 0 Å². The molecule has 0 rings (SSSR count). The van der Waals surface area contributed by atoms with Crippen LogP contribution in [0.4, 0.5) is 4.79 Å². The van der Waals surface area contributed by atoms with Crippen LogP contribution >= 0.6 is 34.8 Å². The first-order valence-electron chi connectivity index (χ1n) is 4.72. The Morgan fingerprint density at radius 2 is 1.93 bits per heavy atom. The molecule has 6 heteroatoms. The Labute approximate surface area is 105 Å². The van der Waals surface area contributed by atoms with Gasteiger partial charge in [0.2, 0.25) is 0 Å². The van der Waals surface area contributed by atoms with Crippen LogP contribution in [-0.4, -0.2) is 29.1 Å². The summed E-state index contributed by atoms with van der Waals surface area (Å²) in [6.45, 7) is 3.72. The van der Waals surface area contributed by atoms with Gasteiger partial charge in [-0.1, -0.05) is 37.0 Å². The first-order valence-corrected chi connectivity index (χ1v) is 5.92. The molecule has 0 aliphatic carbocycles.